The normalized spacial score (nSPS) is 21.1. The first-order valence-electron chi connectivity index (χ1n) is 8.94. The monoisotopic (exact) mass is 417 g/mol. The van der Waals surface area contributed by atoms with Crippen LogP contribution in [0.1, 0.15) is 18.9 Å². The molecule has 0 unspecified atom stereocenters. The Morgan fingerprint density at radius 1 is 1.03 bits per heavy atom. The van der Waals surface area contributed by atoms with E-state index >= 15 is 0 Å². The van der Waals surface area contributed by atoms with E-state index in [1.165, 1.54) is 18.2 Å². The number of amides is 3. The van der Waals surface area contributed by atoms with Crippen LogP contribution in [0.2, 0.25) is 0 Å². The lowest BCUT2D eigenvalue weighted by Gasteiger charge is -2.22. The number of rotatable bonds is 4. The third-order valence-corrected chi connectivity index (χ3v) is 6.15. The van der Waals surface area contributed by atoms with Gasteiger partial charge in [0.1, 0.15) is 5.54 Å². The van der Waals surface area contributed by atoms with E-state index in [0.29, 0.717) is 36.7 Å². The minimum Gasteiger partial charge on any atom is -0.490 e. The number of carbonyl (C=O) groups excluding carboxylic acids is 2. The van der Waals surface area contributed by atoms with E-state index in [-0.39, 0.29) is 10.6 Å². The Balaban J connectivity index is 1.62. The molecule has 3 N–H and O–H groups in total. The lowest BCUT2D eigenvalue weighted by molar-refractivity contribution is -0.123. The van der Waals surface area contributed by atoms with Gasteiger partial charge in [0.05, 0.1) is 18.1 Å². The van der Waals surface area contributed by atoms with E-state index in [1.54, 1.807) is 31.2 Å². The van der Waals surface area contributed by atoms with Crippen LogP contribution in [0, 0.1) is 0 Å². The average Bonchev–Trinajstić information content (AvgIpc) is 2.84. The Kier molecular flexibility index (Phi) is 4.58. The van der Waals surface area contributed by atoms with Crippen LogP contribution < -0.4 is 24.8 Å². The van der Waals surface area contributed by atoms with Gasteiger partial charge in [0, 0.05) is 18.2 Å². The van der Waals surface area contributed by atoms with Gasteiger partial charge in [-0.1, -0.05) is 12.1 Å². The Hall–Kier alpha value is -3.27. The van der Waals surface area contributed by atoms with E-state index in [1.807, 2.05) is 0 Å². The van der Waals surface area contributed by atoms with Gasteiger partial charge in [0.25, 0.3) is 15.9 Å². The van der Waals surface area contributed by atoms with Crippen LogP contribution in [0.15, 0.2) is 47.4 Å². The van der Waals surface area contributed by atoms with Gasteiger partial charge < -0.3 is 14.8 Å². The Bertz CT molecular complexity index is 1100. The minimum absolute atomic E-state index is 0.0188. The molecule has 3 amide bonds. The number of nitrogens with one attached hydrogen (secondary N) is 3. The van der Waals surface area contributed by atoms with Crippen LogP contribution >= 0.6 is 0 Å². The molecule has 0 radical (unpaired) electrons. The minimum atomic E-state index is -3.92. The number of sulfonamides is 1. The molecule has 1 saturated heterocycles. The first kappa shape index (κ1) is 19.1. The van der Waals surface area contributed by atoms with Crippen molar-refractivity contribution in [2.75, 3.05) is 17.9 Å². The standard InChI is InChI=1S/C19H19N3O6S/c1-19(17(23)20-18(24)21-19)12-4-2-5-13(10-12)22-29(25,26)14-6-7-15-16(11-14)28-9-3-8-27-15/h2,4-7,10-11,22H,3,8-9H2,1H3,(H2,20,21,23,24)/t19-/m0/s1. The topological polar surface area (TPSA) is 123 Å². The summed E-state index contributed by atoms with van der Waals surface area (Å²) in [4.78, 5) is 23.7. The number of ether oxygens (including phenoxy) is 2. The fraction of sp³-hybridized carbons (Fsp3) is 0.263. The summed E-state index contributed by atoms with van der Waals surface area (Å²) in [5, 5.41) is 4.73. The van der Waals surface area contributed by atoms with Crippen LogP contribution in [0.3, 0.4) is 0 Å². The quantitative estimate of drug-likeness (QED) is 0.651. The van der Waals surface area contributed by atoms with Gasteiger partial charge in [-0.2, -0.15) is 0 Å². The predicted octanol–water partition coefficient (Wildman–Crippen LogP) is 1.70. The molecule has 1 atom stereocenters. The van der Waals surface area contributed by atoms with Gasteiger partial charge in [0.15, 0.2) is 11.5 Å². The highest BCUT2D eigenvalue weighted by Crippen LogP contribution is 2.33. The highest BCUT2D eigenvalue weighted by molar-refractivity contribution is 7.92. The van der Waals surface area contributed by atoms with Crippen molar-refractivity contribution < 1.29 is 27.5 Å². The molecule has 2 aromatic rings. The van der Waals surface area contributed by atoms with Crippen LogP contribution in [0.4, 0.5) is 10.5 Å². The van der Waals surface area contributed by atoms with Gasteiger partial charge in [-0.25, -0.2) is 13.2 Å². The third kappa shape index (κ3) is 3.58. The molecule has 0 bridgehead atoms. The van der Waals surface area contributed by atoms with E-state index < -0.39 is 27.5 Å². The van der Waals surface area contributed by atoms with Crippen LogP contribution in [-0.2, 0) is 20.4 Å². The number of benzene rings is 2. The van der Waals surface area contributed by atoms with Crippen molar-refractivity contribution >= 4 is 27.6 Å². The fourth-order valence-corrected chi connectivity index (χ4v) is 4.23. The molecule has 10 heteroatoms. The van der Waals surface area contributed by atoms with E-state index in [2.05, 4.69) is 15.4 Å². The molecule has 2 aliphatic heterocycles. The average molecular weight is 417 g/mol. The molecular weight excluding hydrogens is 398 g/mol. The molecule has 2 aliphatic rings. The number of hydrogen-bond donors (Lipinski definition) is 3. The van der Waals surface area contributed by atoms with Crippen LogP contribution in [0.5, 0.6) is 11.5 Å². The second-order valence-electron chi connectivity index (χ2n) is 6.88. The number of urea groups is 1. The maximum atomic E-state index is 12.8. The van der Waals surface area contributed by atoms with Crippen molar-refractivity contribution in [1.29, 1.82) is 0 Å². The lowest BCUT2D eigenvalue weighted by Crippen LogP contribution is -2.40. The molecular formula is C19H19N3O6S. The molecule has 152 valence electrons. The van der Waals surface area contributed by atoms with E-state index in [0.717, 1.165) is 0 Å². The summed E-state index contributed by atoms with van der Waals surface area (Å²) in [5.41, 5.74) is -0.585. The molecule has 9 nitrogen and oxygen atoms in total. The highest BCUT2D eigenvalue weighted by Gasteiger charge is 2.43. The first-order valence-corrected chi connectivity index (χ1v) is 10.4. The summed E-state index contributed by atoms with van der Waals surface area (Å²) >= 11 is 0. The number of fused-ring (bicyclic) bond motifs is 1. The molecule has 0 spiro atoms. The van der Waals surface area contributed by atoms with E-state index in [4.69, 9.17) is 9.47 Å². The highest BCUT2D eigenvalue weighted by atomic mass is 32.2. The third-order valence-electron chi connectivity index (χ3n) is 4.77. The number of hydrogen-bond acceptors (Lipinski definition) is 6. The Morgan fingerprint density at radius 3 is 2.52 bits per heavy atom. The van der Waals surface area contributed by atoms with Gasteiger partial charge in [-0.15, -0.1) is 0 Å². The van der Waals surface area contributed by atoms with Crippen LogP contribution in [-0.4, -0.2) is 33.6 Å². The summed E-state index contributed by atoms with van der Waals surface area (Å²) in [6, 6.07) is 10.1. The number of imide groups is 1. The van der Waals surface area contributed by atoms with Crippen molar-refractivity contribution in [3.8, 4) is 11.5 Å². The smallest absolute Gasteiger partial charge is 0.322 e. The van der Waals surface area contributed by atoms with Crippen molar-refractivity contribution in [2.45, 2.75) is 23.8 Å². The van der Waals surface area contributed by atoms with Gasteiger partial charge in [0.2, 0.25) is 0 Å². The molecule has 0 saturated carbocycles. The summed E-state index contributed by atoms with van der Waals surface area (Å²) in [6.45, 7) is 2.50. The molecule has 0 aromatic heterocycles. The molecule has 4 rings (SSSR count). The summed E-state index contributed by atoms with van der Waals surface area (Å²) < 4.78 is 39.3. The summed E-state index contributed by atoms with van der Waals surface area (Å²) in [7, 11) is -3.92. The zero-order chi connectivity index (χ0) is 20.6. The predicted molar refractivity (Wildman–Crippen MR) is 103 cm³/mol. The van der Waals surface area contributed by atoms with Crippen molar-refractivity contribution in [3.63, 3.8) is 0 Å². The second-order valence-corrected chi connectivity index (χ2v) is 8.56. The van der Waals surface area contributed by atoms with Crippen molar-refractivity contribution in [2.24, 2.45) is 0 Å². The largest absolute Gasteiger partial charge is 0.490 e. The maximum absolute atomic E-state index is 12.8. The summed E-state index contributed by atoms with van der Waals surface area (Å²) in [6.07, 6.45) is 0.713. The summed E-state index contributed by atoms with van der Waals surface area (Å²) in [5.74, 6) is 0.363. The van der Waals surface area contributed by atoms with Gasteiger partial charge in [-0.3, -0.25) is 14.8 Å². The fourth-order valence-electron chi connectivity index (χ4n) is 3.16. The number of carbonyl (C=O) groups is 2. The SMILES string of the molecule is C[C@@]1(c2cccc(NS(=O)(=O)c3ccc4c(c3)OCCCO4)c2)NC(=O)NC1=O. The molecule has 2 aromatic carbocycles. The Labute approximate surface area is 167 Å². The molecule has 0 aliphatic carbocycles. The zero-order valence-electron chi connectivity index (χ0n) is 15.5. The van der Waals surface area contributed by atoms with Crippen LogP contribution in [0.25, 0.3) is 0 Å². The molecule has 2 heterocycles. The zero-order valence-corrected chi connectivity index (χ0v) is 16.3. The van der Waals surface area contributed by atoms with Gasteiger partial charge in [-0.05, 0) is 36.8 Å². The van der Waals surface area contributed by atoms with Crippen molar-refractivity contribution in [1.82, 2.24) is 10.6 Å². The lowest BCUT2D eigenvalue weighted by atomic mass is 9.92. The number of anilines is 1. The van der Waals surface area contributed by atoms with Gasteiger partial charge >= 0.3 is 6.03 Å². The molecule has 1 fully saturated rings. The molecule has 29 heavy (non-hydrogen) atoms. The Morgan fingerprint density at radius 2 is 1.79 bits per heavy atom. The van der Waals surface area contributed by atoms with E-state index in [9.17, 15) is 18.0 Å². The first-order chi connectivity index (χ1) is 13.8. The van der Waals surface area contributed by atoms with Crippen molar-refractivity contribution in [3.05, 3.63) is 48.0 Å². The maximum Gasteiger partial charge on any atom is 0.322 e. The second kappa shape index (κ2) is 6.96.